The van der Waals surface area contributed by atoms with Gasteiger partial charge >= 0.3 is 5.97 Å². The first-order chi connectivity index (χ1) is 9.85. The lowest BCUT2D eigenvalue weighted by Crippen LogP contribution is -2.15. The Bertz CT molecular complexity index is 852. The predicted octanol–water partition coefficient (Wildman–Crippen LogP) is 2.77. The lowest BCUT2D eigenvalue weighted by Gasteiger charge is -2.09. The van der Waals surface area contributed by atoms with Crippen LogP contribution >= 0.6 is 22.9 Å². The van der Waals surface area contributed by atoms with Gasteiger partial charge < -0.3 is 5.11 Å². The maximum Gasteiger partial charge on any atom is 0.347 e. The van der Waals surface area contributed by atoms with Crippen LogP contribution in [0.25, 0.3) is 0 Å². The van der Waals surface area contributed by atoms with Gasteiger partial charge in [0.2, 0.25) is 0 Å². The number of nitrogens with zero attached hydrogens (tertiary/aromatic N) is 1. The lowest BCUT2D eigenvalue weighted by atomic mass is 10.2. The highest BCUT2D eigenvalue weighted by atomic mass is 35.5. The molecule has 0 amide bonds. The number of hydrogen-bond donors (Lipinski definition) is 2. The van der Waals surface area contributed by atoms with E-state index in [1.807, 2.05) is 6.07 Å². The third-order valence-corrected chi connectivity index (χ3v) is 5.21. The van der Waals surface area contributed by atoms with Crippen LogP contribution in [0.1, 0.15) is 15.2 Å². The fraction of sp³-hybridized carbons (Fsp3) is 0. The van der Waals surface area contributed by atoms with Crippen LogP contribution in [0.2, 0.25) is 5.02 Å². The topological polar surface area (TPSA) is 107 Å². The number of halogens is 1. The van der Waals surface area contributed by atoms with Crippen LogP contribution in [-0.2, 0) is 10.0 Å². The maximum atomic E-state index is 12.2. The Morgan fingerprint density at radius 2 is 2.10 bits per heavy atom. The van der Waals surface area contributed by atoms with E-state index in [4.69, 9.17) is 22.0 Å². The average Bonchev–Trinajstić information content (AvgIpc) is 2.91. The van der Waals surface area contributed by atoms with E-state index in [0.29, 0.717) is 0 Å². The predicted molar refractivity (Wildman–Crippen MR) is 78.3 cm³/mol. The smallest absolute Gasteiger partial charge is 0.347 e. The summed E-state index contributed by atoms with van der Waals surface area (Å²) in [5.41, 5.74) is 0.350. The average molecular weight is 343 g/mol. The van der Waals surface area contributed by atoms with E-state index in [1.165, 1.54) is 29.6 Å². The molecule has 2 rings (SSSR count). The van der Waals surface area contributed by atoms with Crippen molar-refractivity contribution in [2.24, 2.45) is 0 Å². The quantitative estimate of drug-likeness (QED) is 0.888. The second-order valence-electron chi connectivity index (χ2n) is 3.83. The van der Waals surface area contributed by atoms with Crippen molar-refractivity contribution in [2.45, 2.75) is 4.90 Å². The Kier molecular flexibility index (Phi) is 4.18. The van der Waals surface area contributed by atoms with Gasteiger partial charge in [-0.3, -0.25) is 4.72 Å². The third kappa shape index (κ3) is 3.16. The summed E-state index contributed by atoms with van der Waals surface area (Å²) >= 11 is 6.70. The zero-order valence-corrected chi connectivity index (χ0v) is 12.6. The van der Waals surface area contributed by atoms with Crippen LogP contribution in [0.15, 0.2) is 34.5 Å². The van der Waals surface area contributed by atoms with Gasteiger partial charge in [0.1, 0.15) is 9.77 Å². The van der Waals surface area contributed by atoms with Crippen molar-refractivity contribution < 1.29 is 18.3 Å². The number of hydrogen-bond acceptors (Lipinski definition) is 5. The zero-order valence-electron chi connectivity index (χ0n) is 10.2. The van der Waals surface area contributed by atoms with Crippen molar-refractivity contribution in [3.8, 4) is 6.07 Å². The minimum atomic E-state index is -4.08. The van der Waals surface area contributed by atoms with Crippen molar-refractivity contribution in [1.29, 1.82) is 5.26 Å². The van der Waals surface area contributed by atoms with Gasteiger partial charge in [-0.2, -0.15) is 5.26 Å². The summed E-state index contributed by atoms with van der Waals surface area (Å²) in [5, 5.41) is 19.1. The Labute approximate surface area is 129 Å². The van der Waals surface area contributed by atoms with Crippen molar-refractivity contribution in [3.63, 3.8) is 0 Å². The monoisotopic (exact) mass is 342 g/mol. The molecule has 1 heterocycles. The molecule has 0 saturated heterocycles. The summed E-state index contributed by atoms with van der Waals surface area (Å²) in [5.74, 6) is -1.32. The molecule has 1 aromatic heterocycles. The molecule has 0 unspecified atom stereocenters. The van der Waals surface area contributed by atoms with E-state index in [-0.39, 0.29) is 26.0 Å². The van der Waals surface area contributed by atoms with Crippen LogP contribution in [0.5, 0.6) is 0 Å². The highest BCUT2D eigenvalue weighted by Gasteiger charge is 2.24. The summed E-state index contributed by atoms with van der Waals surface area (Å²) in [7, 11) is -4.08. The van der Waals surface area contributed by atoms with E-state index < -0.39 is 16.0 Å². The van der Waals surface area contributed by atoms with Gasteiger partial charge in [-0.05, 0) is 29.6 Å². The highest BCUT2D eigenvalue weighted by molar-refractivity contribution is 7.93. The summed E-state index contributed by atoms with van der Waals surface area (Å²) in [4.78, 5) is 10.4. The fourth-order valence-electron chi connectivity index (χ4n) is 1.53. The second kappa shape index (κ2) is 5.73. The molecule has 108 valence electrons. The number of nitriles is 1. The number of carbonyl (C=O) groups is 1. The van der Waals surface area contributed by atoms with Crippen molar-refractivity contribution in [2.75, 3.05) is 4.72 Å². The molecule has 21 heavy (non-hydrogen) atoms. The van der Waals surface area contributed by atoms with Gasteiger partial charge in [0.05, 0.1) is 22.3 Å². The number of thiophene rings is 1. The molecule has 0 aliphatic heterocycles. The SMILES string of the molecule is N#Cc1ccc(NS(=O)(=O)c2ccsc2C(=O)O)c(Cl)c1. The van der Waals surface area contributed by atoms with Crippen LogP contribution in [0.3, 0.4) is 0 Å². The number of anilines is 1. The lowest BCUT2D eigenvalue weighted by molar-refractivity contribution is 0.0698. The van der Waals surface area contributed by atoms with E-state index in [2.05, 4.69) is 4.72 Å². The van der Waals surface area contributed by atoms with Gasteiger partial charge in [0.25, 0.3) is 10.0 Å². The molecule has 1 aromatic carbocycles. The molecule has 2 N–H and O–H groups in total. The number of sulfonamides is 1. The molecule has 0 fully saturated rings. The molecular formula is C12H7ClN2O4S2. The Balaban J connectivity index is 2.41. The second-order valence-corrected chi connectivity index (χ2v) is 6.81. The van der Waals surface area contributed by atoms with Gasteiger partial charge in [-0.1, -0.05) is 11.6 Å². The summed E-state index contributed by atoms with van der Waals surface area (Å²) < 4.78 is 26.6. The number of aromatic carboxylic acids is 1. The number of rotatable bonds is 4. The molecular weight excluding hydrogens is 336 g/mol. The number of nitrogens with one attached hydrogen (secondary N) is 1. The molecule has 0 radical (unpaired) electrons. The Morgan fingerprint density at radius 3 is 2.67 bits per heavy atom. The maximum absolute atomic E-state index is 12.2. The van der Waals surface area contributed by atoms with Crippen LogP contribution < -0.4 is 4.72 Å². The van der Waals surface area contributed by atoms with Crippen molar-refractivity contribution >= 4 is 44.6 Å². The molecule has 9 heteroatoms. The summed E-state index contributed by atoms with van der Waals surface area (Å²) in [6, 6.07) is 7.12. The van der Waals surface area contributed by atoms with Crippen molar-refractivity contribution in [1.82, 2.24) is 0 Å². The molecule has 0 aliphatic rings. The molecule has 2 aromatic rings. The minimum Gasteiger partial charge on any atom is -0.477 e. The number of benzene rings is 1. The van der Waals surface area contributed by atoms with E-state index in [9.17, 15) is 13.2 Å². The van der Waals surface area contributed by atoms with E-state index in [0.717, 1.165) is 11.3 Å². The van der Waals surface area contributed by atoms with Gasteiger partial charge in [-0.15, -0.1) is 11.3 Å². The summed E-state index contributed by atoms with van der Waals surface area (Å²) in [6.45, 7) is 0. The number of carboxylic acids is 1. The van der Waals surface area contributed by atoms with Gasteiger partial charge in [-0.25, -0.2) is 13.2 Å². The number of carboxylic acid groups (broad SMARTS) is 1. The van der Waals surface area contributed by atoms with Crippen molar-refractivity contribution in [3.05, 3.63) is 45.1 Å². The van der Waals surface area contributed by atoms with Gasteiger partial charge in [0.15, 0.2) is 0 Å². The first-order valence-electron chi connectivity index (χ1n) is 5.38. The van der Waals surface area contributed by atoms with Crippen LogP contribution in [0, 0.1) is 11.3 Å². The molecule has 0 bridgehead atoms. The zero-order chi connectivity index (χ0) is 15.6. The van der Waals surface area contributed by atoms with Crippen LogP contribution in [0.4, 0.5) is 5.69 Å². The molecule has 0 saturated carbocycles. The largest absolute Gasteiger partial charge is 0.477 e. The first kappa shape index (κ1) is 15.3. The highest BCUT2D eigenvalue weighted by Crippen LogP contribution is 2.28. The molecule has 0 spiro atoms. The molecule has 6 nitrogen and oxygen atoms in total. The molecule has 0 atom stereocenters. The summed E-state index contributed by atoms with van der Waals surface area (Å²) in [6.07, 6.45) is 0. The normalized spacial score (nSPS) is 10.9. The Hall–Kier alpha value is -2.08. The van der Waals surface area contributed by atoms with E-state index >= 15 is 0 Å². The van der Waals surface area contributed by atoms with Crippen LogP contribution in [-0.4, -0.2) is 19.5 Å². The standard InChI is InChI=1S/C12H7ClN2O4S2/c13-8-5-7(6-14)1-2-9(8)15-21(18,19)10-3-4-20-11(10)12(16)17/h1-5,15H,(H,16,17). The first-order valence-corrected chi connectivity index (χ1v) is 8.12. The minimum absolute atomic E-state index is 0.0460. The van der Waals surface area contributed by atoms with Gasteiger partial charge in [0, 0.05) is 0 Å². The fourth-order valence-corrected chi connectivity index (χ4v) is 4.16. The molecule has 0 aliphatic carbocycles. The Morgan fingerprint density at radius 1 is 1.38 bits per heavy atom. The third-order valence-electron chi connectivity index (χ3n) is 2.46. The van der Waals surface area contributed by atoms with E-state index in [1.54, 1.807) is 0 Å².